The van der Waals surface area contributed by atoms with Crippen molar-refractivity contribution in [3.63, 3.8) is 0 Å². The lowest BCUT2D eigenvalue weighted by Gasteiger charge is -2.38. The highest BCUT2D eigenvalue weighted by Crippen LogP contribution is 2.34. The highest BCUT2D eigenvalue weighted by molar-refractivity contribution is 6.30. The van der Waals surface area contributed by atoms with Crippen LogP contribution in [-0.2, 0) is 11.3 Å². The Morgan fingerprint density at radius 3 is 2.90 bits per heavy atom. The maximum absolute atomic E-state index is 10.2. The molecule has 2 unspecified atom stereocenters. The lowest BCUT2D eigenvalue weighted by atomic mass is 10.1. The van der Waals surface area contributed by atoms with E-state index in [4.69, 9.17) is 21.1 Å². The van der Waals surface area contributed by atoms with E-state index in [1.165, 1.54) is 7.11 Å². The van der Waals surface area contributed by atoms with E-state index < -0.39 is 0 Å². The number of hydrogen-bond donors (Lipinski definition) is 1. The van der Waals surface area contributed by atoms with Crippen molar-refractivity contribution in [2.24, 2.45) is 0 Å². The Hall–Kier alpha value is -0.970. The summed E-state index contributed by atoms with van der Waals surface area (Å²) >= 11 is 6.08. The number of hydrogen-bond acceptors (Lipinski definition) is 4. The van der Waals surface area contributed by atoms with Crippen molar-refractivity contribution in [2.75, 3.05) is 20.3 Å². The van der Waals surface area contributed by atoms with Gasteiger partial charge >= 0.3 is 0 Å². The van der Waals surface area contributed by atoms with Gasteiger partial charge in [-0.15, -0.1) is 0 Å². The van der Waals surface area contributed by atoms with Crippen LogP contribution in [0.25, 0.3) is 0 Å². The summed E-state index contributed by atoms with van der Waals surface area (Å²) in [5.41, 5.74) is 0.793. The van der Waals surface area contributed by atoms with Crippen molar-refractivity contribution in [1.82, 2.24) is 4.90 Å². The molecule has 5 heteroatoms. The minimum atomic E-state index is 0.172. The minimum Gasteiger partial charge on any atom is -0.504 e. The number of phenols is 1. The molecule has 1 aliphatic rings. The molecule has 4 nitrogen and oxygen atoms in total. The van der Waals surface area contributed by atoms with Gasteiger partial charge in [-0.3, -0.25) is 4.90 Å². The Kier molecular flexibility index (Phi) is 5.13. The first-order chi connectivity index (χ1) is 9.55. The van der Waals surface area contributed by atoms with Crippen molar-refractivity contribution >= 4 is 11.6 Å². The average molecular weight is 300 g/mol. The molecule has 1 aromatic rings. The molecular weight excluding hydrogens is 278 g/mol. The zero-order chi connectivity index (χ0) is 14.7. The van der Waals surface area contributed by atoms with Gasteiger partial charge in [-0.2, -0.15) is 0 Å². The molecule has 20 heavy (non-hydrogen) atoms. The molecule has 2 rings (SSSR count). The zero-order valence-corrected chi connectivity index (χ0v) is 13.0. The predicted octanol–water partition coefficient (Wildman–Crippen LogP) is 3.05. The van der Waals surface area contributed by atoms with Crippen molar-refractivity contribution in [3.05, 3.63) is 22.7 Å². The average Bonchev–Trinajstić information content (AvgIpc) is 2.42. The van der Waals surface area contributed by atoms with Gasteiger partial charge in [-0.05, 0) is 19.4 Å². The Morgan fingerprint density at radius 2 is 2.25 bits per heavy atom. The van der Waals surface area contributed by atoms with E-state index in [9.17, 15) is 5.11 Å². The first-order valence-corrected chi connectivity index (χ1v) is 7.34. The van der Waals surface area contributed by atoms with Gasteiger partial charge in [0.2, 0.25) is 0 Å². The van der Waals surface area contributed by atoms with Crippen LogP contribution in [-0.4, -0.2) is 42.4 Å². The minimum absolute atomic E-state index is 0.172. The molecule has 0 radical (unpaired) electrons. The van der Waals surface area contributed by atoms with Crippen LogP contribution in [0.5, 0.6) is 11.5 Å². The third kappa shape index (κ3) is 3.37. The van der Waals surface area contributed by atoms with E-state index in [1.807, 2.05) is 0 Å². The van der Waals surface area contributed by atoms with Gasteiger partial charge in [-0.1, -0.05) is 18.5 Å². The fourth-order valence-corrected chi connectivity index (χ4v) is 2.84. The van der Waals surface area contributed by atoms with Crippen LogP contribution >= 0.6 is 11.6 Å². The van der Waals surface area contributed by atoms with E-state index in [0.717, 1.165) is 25.1 Å². The van der Waals surface area contributed by atoms with Crippen LogP contribution in [0.4, 0.5) is 0 Å². The summed E-state index contributed by atoms with van der Waals surface area (Å²) < 4.78 is 10.8. The first kappa shape index (κ1) is 15.4. The van der Waals surface area contributed by atoms with Crippen LogP contribution < -0.4 is 4.74 Å². The number of aromatic hydroxyl groups is 1. The lowest BCUT2D eigenvalue weighted by Crippen LogP contribution is -2.47. The molecule has 112 valence electrons. The molecule has 1 saturated heterocycles. The molecule has 1 aromatic carbocycles. The quantitative estimate of drug-likeness (QED) is 0.928. The molecule has 0 aromatic heterocycles. The Bertz CT molecular complexity index is 467. The second-order valence-corrected chi connectivity index (χ2v) is 5.69. The number of rotatable bonds is 4. The summed E-state index contributed by atoms with van der Waals surface area (Å²) in [5, 5.41) is 10.8. The van der Waals surface area contributed by atoms with E-state index in [-0.39, 0.29) is 11.9 Å². The molecule has 0 spiro atoms. The molecule has 0 aliphatic carbocycles. The van der Waals surface area contributed by atoms with Crippen molar-refractivity contribution in [2.45, 2.75) is 39.0 Å². The van der Waals surface area contributed by atoms with Gasteiger partial charge < -0.3 is 14.6 Å². The van der Waals surface area contributed by atoms with Crippen LogP contribution in [0, 0.1) is 0 Å². The fourth-order valence-electron chi connectivity index (χ4n) is 2.61. The van der Waals surface area contributed by atoms with Crippen molar-refractivity contribution in [3.8, 4) is 11.5 Å². The molecule has 2 atom stereocenters. The summed E-state index contributed by atoms with van der Waals surface area (Å²) in [7, 11) is 1.53. The third-order valence-corrected chi connectivity index (χ3v) is 3.98. The largest absolute Gasteiger partial charge is 0.504 e. The molecule has 0 bridgehead atoms. The number of methoxy groups -OCH3 is 1. The van der Waals surface area contributed by atoms with Crippen LogP contribution in [0.3, 0.4) is 0 Å². The van der Waals surface area contributed by atoms with Crippen LogP contribution in [0.15, 0.2) is 12.1 Å². The summed E-state index contributed by atoms with van der Waals surface area (Å²) in [6.07, 6.45) is 1.23. The Labute approximate surface area is 125 Å². The van der Waals surface area contributed by atoms with E-state index in [1.54, 1.807) is 12.1 Å². The van der Waals surface area contributed by atoms with Crippen LogP contribution in [0.2, 0.25) is 5.02 Å². The van der Waals surface area contributed by atoms with E-state index >= 15 is 0 Å². The van der Waals surface area contributed by atoms with Gasteiger partial charge in [0, 0.05) is 35.8 Å². The number of morpholine rings is 1. The van der Waals surface area contributed by atoms with Crippen molar-refractivity contribution in [1.29, 1.82) is 0 Å². The van der Waals surface area contributed by atoms with Gasteiger partial charge in [0.15, 0.2) is 11.5 Å². The molecule has 1 fully saturated rings. The number of nitrogens with zero attached hydrogens (tertiary/aromatic N) is 1. The Morgan fingerprint density at radius 1 is 1.50 bits per heavy atom. The molecule has 1 heterocycles. The van der Waals surface area contributed by atoms with Gasteiger partial charge in [0.05, 0.1) is 19.8 Å². The summed E-state index contributed by atoms with van der Waals surface area (Å²) in [6, 6.07) is 3.79. The van der Waals surface area contributed by atoms with Crippen molar-refractivity contribution < 1.29 is 14.6 Å². The summed E-state index contributed by atoms with van der Waals surface area (Å²) in [6.45, 7) is 6.45. The second kappa shape index (κ2) is 6.66. The maximum Gasteiger partial charge on any atom is 0.162 e. The van der Waals surface area contributed by atoms with Gasteiger partial charge in [-0.25, -0.2) is 0 Å². The standard InChI is InChI=1S/C15H22ClNO3/c1-4-13-9-20-10(2)7-17(13)8-11-5-12(16)6-14(19-3)15(11)18/h5-6,10,13,18H,4,7-9H2,1-3H3. The SMILES string of the molecule is CCC1COC(C)CN1Cc1cc(Cl)cc(OC)c1O. The smallest absolute Gasteiger partial charge is 0.162 e. The monoisotopic (exact) mass is 299 g/mol. The normalized spacial score (nSPS) is 23.8. The number of phenolic OH excluding ortho intramolecular Hbond substituents is 1. The third-order valence-electron chi connectivity index (χ3n) is 3.76. The highest BCUT2D eigenvalue weighted by atomic mass is 35.5. The zero-order valence-electron chi connectivity index (χ0n) is 12.2. The highest BCUT2D eigenvalue weighted by Gasteiger charge is 2.26. The number of ether oxygens (including phenoxy) is 2. The second-order valence-electron chi connectivity index (χ2n) is 5.25. The molecular formula is C15H22ClNO3. The maximum atomic E-state index is 10.2. The number of benzene rings is 1. The summed E-state index contributed by atoms with van der Waals surface area (Å²) in [5.74, 6) is 0.591. The lowest BCUT2D eigenvalue weighted by molar-refractivity contribution is -0.0593. The van der Waals surface area contributed by atoms with Crippen LogP contribution in [0.1, 0.15) is 25.8 Å². The topological polar surface area (TPSA) is 41.9 Å². The van der Waals surface area contributed by atoms with E-state index in [2.05, 4.69) is 18.7 Å². The molecule has 1 N–H and O–H groups in total. The van der Waals surface area contributed by atoms with Gasteiger partial charge in [0.25, 0.3) is 0 Å². The fraction of sp³-hybridized carbons (Fsp3) is 0.600. The molecule has 0 saturated carbocycles. The predicted molar refractivity (Wildman–Crippen MR) is 79.6 cm³/mol. The van der Waals surface area contributed by atoms with Gasteiger partial charge in [0.1, 0.15) is 0 Å². The number of halogens is 1. The van der Waals surface area contributed by atoms with E-state index in [0.29, 0.717) is 23.4 Å². The molecule has 1 aliphatic heterocycles. The first-order valence-electron chi connectivity index (χ1n) is 6.96. The Balaban J connectivity index is 2.21. The summed E-state index contributed by atoms with van der Waals surface area (Å²) in [4.78, 5) is 2.33. The molecule has 0 amide bonds.